The van der Waals surface area contributed by atoms with Crippen molar-refractivity contribution in [1.29, 1.82) is 0 Å². The number of ether oxygens (including phenoxy) is 1. The standard InChI is InChI=1S/C11H18N2O5/c14-9(7-18-8-10(15)16)12-11(17)13-5-3-1-2-4-6-13/h1-8H2,(H,15,16)(H,12,14,17). The van der Waals surface area contributed by atoms with Crippen LogP contribution in [0.3, 0.4) is 0 Å². The lowest BCUT2D eigenvalue weighted by atomic mass is 10.2. The minimum atomic E-state index is -1.15. The van der Waals surface area contributed by atoms with Gasteiger partial charge >= 0.3 is 12.0 Å². The van der Waals surface area contributed by atoms with Gasteiger partial charge in [0.25, 0.3) is 5.91 Å². The molecule has 0 saturated carbocycles. The number of nitrogens with zero attached hydrogens (tertiary/aromatic N) is 1. The van der Waals surface area contributed by atoms with Crippen LogP contribution in [-0.4, -0.2) is 54.2 Å². The molecule has 18 heavy (non-hydrogen) atoms. The molecule has 7 nitrogen and oxygen atoms in total. The highest BCUT2D eigenvalue weighted by molar-refractivity contribution is 5.95. The van der Waals surface area contributed by atoms with Gasteiger partial charge in [0.2, 0.25) is 0 Å². The minimum absolute atomic E-state index is 0.425. The first-order valence-corrected chi connectivity index (χ1v) is 5.98. The van der Waals surface area contributed by atoms with Gasteiger partial charge < -0.3 is 14.7 Å². The van der Waals surface area contributed by atoms with Crippen LogP contribution in [0.15, 0.2) is 0 Å². The number of nitrogens with one attached hydrogen (secondary N) is 1. The fourth-order valence-electron chi connectivity index (χ4n) is 1.74. The molecule has 0 spiro atoms. The highest BCUT2D eigenvalue weighted by atomic mass is 16.5. The van der Waals surface area contributed by atoms with Crippen molar-refractivity contribution in [2.75, 3.05) is 26.3 Å². The van der Waals surface area contributed by atoms with E-state index in [1.807, 2.05) is 0 Å². The SMILES string of the molecule is O=C(O)COCC(=O)NC(=O)N1CCCCCC1. The summed E-state index contributed by atoms with van der Waals surface area (Å²) in [5, 5.41) is 10.5. The number of hydrogen-bond donors (Lipinski definition) is 2. The Balaban J connectivity index is 2.25. The number of carboxylic acid groups (broad SMARTS) is 1. The quantitative estimate of drug-likeness (QED) is 0.751. The van der Waals surface area contributed by atoms with Gasteiger partial charge in [0, 0.05) is 13.1 Å². The number of imide groups is 1. The lowest BCUT2D eigenvalue weighted by Gasteiger charge is -2.19. The zero-order valence-corrected chi connectivity index (χ0v) is 10.2. The fourth-order valence-corrected chi connectivity index (χ4v) is 1.74. The number of hydrogen-bond acceptors (Lipinski definition) is 4. The molecule has 0 aliphatic carbocycles. The van der Waals surface area contributed by atoms with E-state index in [0.29, 0.717) is 13.1 Å². The Kier molecular flexibility index (Phi) is 6.13. The molecule has 7 heteroatoms. The van der Waals surface area contributed by atoms with Gasteiger partial charge in [0.15, 0.2) is 0 Å². The van der Waals surface area contributed by atoms with Crippen LogP contribution >= 0.6 is 0 Å². The van der Waals surface area contributed by atoms with Crippen molar-refractivity contribution in [3.8, 4) is 0 Å². The smallest absolute Gasteiger partial charge is 0.329 e. The molecular formula is C11H18N2O5. The van der Waals surface area contributed by atoms with Crippen LogP contribution in [0.4, 0.5) is 4.79 Å². The molecule has 3 amide bonds. The first-order valence-electron chi connectivity index (χ1n) is 5.98. The molecule has 1 saturated heterocycles. The van der Waals surface area contributed by atoms with Crippen LogP contribution in [0.25, 0.3) is 0 Å². The zero-order valence-electron chi connectivity index (χ0n) is 10.2. The van der Waals surface area contributed by atoms with Crippen molar-refractivity contribution < 1.29 is 24.2 Å². The Labute approximate surface area is 105 Å². The number of amides is 3. The predicted octanol–water partition coefficient (Wildman–Crippen LogP) is 0.200. The first-order chi connectivity index (χ1) is 8.59. The van der Waals surface area contributed by atoms with Crippen molar-refractivity contribution in [3.05, 3.63) is 0 Å². The summed E-state index contributed by atoms with van der Waals surface area (Å²) in [5.74, 6) is -1.77. The Hall–Kier alpha value is -1.63. The first kappa shape index (κ1) is 14.4. The molecule has 1 rings (SSSR count). The lowest BCUT2D eigenvalue weighted by molar-refractivity contribution is -0.143. The van der Waals surface area contributed by atoms with Gasteiger partial charge in [-0.2, -0.15) is 0 Å². The Morgan fingerprint density at radius 2 is 1.67 bits per heavy atom. The zero-order chi connectivity index (χ0) is 13.4. The van der Waals surface area contributed by atoms with Gasteiger partial charge in [0.1, 0.15) is 13.2 Å². The summed E-state index contributed by atoms with van der Waals surface area (Å²) in [6.45, 7) is 0.321. The number of aliphatic carboxylic acids is 1. The van der Waals surface area contributed by atoms with Gasteiger partial charge in [-0.3, -0.25) is 10.1 Å². The second-order valence-electron chi connectivity index (χ2n) is 4.14. The van der Waals surface area contributed by atoms with E-state index in [0.717, 1.165) is 25.7 Å². The third-order valence-electron chi connectivity index (χ3n) is 2.60. The van der Waals surface area contributed by atoms with E-state index >= 15 is 0 Å². The van der Waals surface area contributed by atoms with E-state index in [1.54, 1.807) is 4.90 Å². The Morgan fingerprint density at radius 1 is 1.06 bits per heavy atom. The number of carbonyl (C=O) groups excluding carboxylic acids is 2. The van der Waals surface area contributed by atoms with Gasteiger partial charge in [-0.15, -0.1) is 0 Å². The highest BCUT2D eigenvalue weighted by Crippen LogP contribution is 2.09. The van der Waals surface area contributed by atoms with Gasteiger partial charge in [-0.1, -0.05) is 12.8 Å². The summed E-state index contributed by atoms with van der Waals surface area (Å²) in [5.41, 5.74) is 0. The van der Waals surface area contributed by atoms with E-state index < -0.39 is 31.1 Å². The third-order valence-corrected chi connectivity index (χ3v) is 2.60. The topological polar surface area (TPSA) is 95.9 Å². The summed E-state index contributed by atoms with van der Waals surface area (Å²) >= 11 is 0. The van der Waals surface area contributed by atoms with Crippen LogP contribution in [0.2, 0.25) is 0 Å². The number of urea groups is 1. The monoisotopic (exact) mass is 258 g/mol. The average molecular weight is 258 g/mol. The fraction of sp³-hybridized carbons (Fsp3) is 0.727. The molecule has 0 aromatic carbocycles. The molecule has 1 aliphatic rings. The molecule has 0 radical (unpaired) electrons. The maximum atomic E-state index is 11.7. The highest BCUT2D eigenvalue weighted by Gasteiger charge is 2.17. The van der Waals surface area contributed by atoms with Crippen molar-refractivity contribution in [2.24, 2.45) is 0 Å². The second kappa shape index (κ2) is 7.65. The van der Waals surface area contributed by atoms with Gasteiger partial charge in [-0.25, -0.2) is 9.59 Å². The summed E-state index contributed by atoms with van der Waals surface area (Å²) in [6, 6.07) is -0.430. The Morgan fingerprint density at radius 3 is 2.22 bits per heavy atom. The number of likely N-dealkylation sites (tertiary alicyclic amines) is 1. The molecule has 1 aliphatic heterocycles. The molecule has 0 unspecified atom stereocenters. The normalized spacial score (nSPS) is 15.9. The van der Waals surface area contributed by atoms with E-state index in [1.165, 1.54) is 0 Å². The number of carbonyl (C=O) groups is 3. The van der Waals surface area contributed by atoms with E-state index in [-0.39, 0.29) is 0 Å². The molecular weight excluding hydrogens is 240 g/mol. The van der Waals surface area contributed by atoms with Crippen molar-refractivity contribution in [1.82, 2.24) is 10.2 Å². The van der Waals surface area contributed by atoms with E-state index in [9.17, 15) is 14.4 Å². The molecule has 0 bridgehead atoms. The summed E-state index contributed by atoms with van der Waals surface area (Å²) in [7, 11) is 0. The molecule has 0 atom stereocenters. The van der Waals surface area contributed by atoms with Crippen molar-refractivity contribution in [3.63, 3.8) is 0 Å². The van der Waals surface area contributed by atoms with Gasteiger partial charge in [0.05, 0.1) is 0 Å². The maximum absolute atomic E-state index is 11.7. The van der Waals surface area contributed by atoms with Crippen molar-refractivity contribution in [2.45, 2.75) is 25.7 Å². The predicted molar refractivity (Wildman–Crippen MR) is 62.0 cm³/mol. The van der Waals surface area contributed by atoms with E-state index in [4.69, 9.17) is 5.11 Å². The largest absolute Gasteiger partial charge is 0.480 e. The Bertz CT molecular complexity index is 311. The molecule has 0 aromatic rings. The third kappa shape index (κ3) is 5.62. The molecule has 102 valence electrons. The summed E-state index contributed by atoms with van der Waals surface area (Å²) in [6.07, 6.45) is 4.08. The number of rotatable bonds is 4. The lowest BCUT2D eigenvalue weighted by Crippen LogP contribution is -2.44. The van der Waals surface area contributed by atoms with E-state index in [2.05, 4.69) is 10.1 Å². The number of carboxylic acids is 1. The van der Waals surface area contributed by atoms with Gasteiger partial charge in [-0.05, 0) is 12.8 Å². The molecule has 1 fully saturated rings. The van der Waals surface area contributed by atoms with Crippen LogP contribution in [0.5, 0.6) is 0 Å². The minimum Gasteiger partial charge on any atom is -0.480 e. The van der Waals surface area contributed by atoms with Crippen LogP contribution in [0.1, 0.15) is 25.7 Å². The van der Waals surface area contributed by atoms with Crippen molar-refractivity contribution >= 4 is 17.9 Å². The molecule has 2 N–H and O–H groups in total. The second-order valence-corrected chi connectivity index (χ2v) is 4.14. The van der Waals surface area contributed by atoms with Crippen LogP contribution < -0.4 is 5.32 Å². The molecule has 0 aromatic heterocycles. The molecule has 1 heterocycles. The summed E-state index contributed by atoms with van der Waals surface area (Å²) < 4.78 is 4.59. The van der Waals surface area contributed by atoms with Crippen LogP contribution in [-0.2, 0) is 14.3 Å². The average Bonchev–Trinajstić information content (AvgIpc) is 2.56. The van der Waals surface area contributed by atoms with Crippen LogP contribution in [0, 0.1) is 0 Å². The summed E-state index contributed by atoms with van der Waals surface area (Å²) in [4.78, 5) is 34.7. The maximum Gasteiger partial charge on any atom is 0.329 e.